The molecule has 2 aromatic rings. The fourth-order valence-corrected chi connectivity index (χ4v) is 2.62. The molecule has 128 valence electrons. The fraction of sp³-hybridized carbons (Fsp3) is 0.211. The van der Waals surface area contributed by atoms with Gasteiger partial charge in [0, 0.05) is 13.1 Å². The minimum absolute atomic E-state index is 0.150. The summed E-state index contributed by atoms with van der Waals surface area (Å²) in [6.07, 6.45) is 0.205. The maximum Gasteiger partial charge on any atom is 0.261 e. The van der Waals surface area contributed by atoms with Crippen LogP contribution in [-0.2, 0) is 4.79 Å². The van der Waals surface area contributed by atoms with Crippen LogP contribution in [0.4, 0.5) is 0 Å². The Morgan fingerprint density at radius 3 is 2.16 bits per heavy atom. The summed E-state index contributed by atoms with van der Waals surface area (Å²) >= 11 is 0. The highest BCUT2D eigenvalue weighted by atomic mass is 16.5. The van der Waals surface area contributed by atoms with Crippen molar-refractivity contribution in [3.05, 3.63) is 65.7 Å². The average Bonchev–Trinajstić information content (AvgIpc) is 2.88. The standard InChI is InChI=1S/C19H18N2O4/c22-17(10-13-25-14-6-2-1-3-7-14)20-11-12-21-18(23)15-8-4-5-9-16(15)19(21)24/h1-9H,10-13H2,(H,20,22). The lowest BCUT2D eigenvalue weighted by Crippen LogP contribution is -2.38. The van der Waals surface area contributed by atoms with Gasteiger partial charge in [0.2, 0.25) is 5.91 Å². The maximum atomic E-state index is 12.2. The summed E-state index contributed by atoms with van der Waals surface area (Å²) in [5, 5.41) is 2.70. The van der Waals surface area contributed by atoms with Gasteiger partial charge in [-0.3, -0.25) is 19.3 Å². The van der Waals surface area contributed by atoms with Gasteiger partial charge in [0.05, 0.1) is 24.2 Å². The van der Waals surface area contributed by atoms with Crippen molar-refractivity contribution < 1.29 is 19.1 Å². The van der Waals surface area contributed by atoms with Crippen LogP contribution < -0.4 is 10.1 Å². The first kappa shape index (κ1) is 16.7. The average molecular weight is 338 g/mol. The third-order valence-electron chi connectivity index (χ3n) is 3.88. The van der Waals surface area contributed by atoms with Crippen LogP contribution in [0.25, 0.3) is 0 Å². The molecule has 0 radical (unpaired) electrons. The van der Waals surface area contributed by atoms with Gasteiger partial charge in [-0.15, -0.1) is 0 Å². The highest BCUT2D eigenvalue weighted by Crippen LogP contribution is 2.21. The number of fused-ring (bicyclic) bond motifs is 1. The van der Waals surface area contributed by atoms with E-state index in [0.717, 1.165) is 4.90 Å². The zero-order chi connectivity index (χ0) is 17.6. The van der Waals surface area contributed by atoms with Gasteiger partial charge in [-0.1, -0.05) is 30.3 Å². The van der Waals surface area contributed by atoms with Gasteiger partial charge in [0.25, 0.3) is 11.8 Å². The number of para-hydroxylation sites is 1. The second-order valence-electron chi connectivity index (χ2n) is 5.57. The quantitative estimate of drug-likeness (QED) is 0.782. The topological polar surface area (TPSA) is 75.7 Å². The molecular formula is C19H18N2O4. The van der Waals surface area contributed by atoms with Crippen molar-refractivity contribution in [2.24, 2.45) is 0 Å². The zero-order valence-electron chi connectivity index (χ0n) is 13.6. The first-order valence-corrected chi connectivity index (χ1v) is 8.06. The Morgan fingerprint density at radius 2 is 1.52 bits per heavy atom. The van der Waals surface area contributed by atoms with E-state index in [2.05, 4.69) is 5.32 Å². The molecule has 3 amide bonds. The third-order valence-corrected chi connectivity index (χ3v) is 3.88. The molecule has 6 heteroatoms. The number of carbonyl (C=O) groups is 3. The van der Waals surface area contributed by atoms with E-state index >= 15 is 0 Å². The summed E-state index contributed by atoms with van der Waals surface area (Å²) in [5.74, 6) is -0.113. The zero-order valence-corrected chi connectivity index (χ0v) is 13.6. The molecule has 0 saturated carbocycles. The number of benzene rings is 2. The lowest BCUT2D eigenvalue weighted by Gasteiger charge is -2.14. The Balaban J connectivity index is 1.40. The molecule has 1 heterocycles. The first-order chi connectivity index (χ1) is 12.2. The number of carbonyl (C=O) groups excluding carboxylic acids is 3. The van der Waals surface area contributed by atoms with E-state index < -0.39 is 0 Å². The van der Waals surface area contributed by atoms with Crippen LogP contribution >= 0.6 is 0 Å². The van der Waals surface area contributed by atoms with Gasteiger partial charge < -0.3 is 10.1 Å². The Labute approximate surface area is 145 Å². The molecule has 6 nitrogen and oxygen atoms in total. The Kier molecular flexibility index (Phi) is 5.09. The molecule has 0 fully saturated rings. The number of rotatable bonds is 7. The van der Waals surface area contributed by atoms with Gasteiger partial charge in [0.15, 0.2) is 0 Å². The lowest BCUT2D eigenvalue weighted by atomic mass is 10.1. The molecule has 1 aliphatic rings. The van der Waals surface area contributed by atoms with E-state index in [-0.39, 0.29) is 43.8 Å². The molecule has 0 saturated heterocycles. The molecule has 0 bridgehead atoms. The third kappa shape index (κ3) is 3.85. The van der Waals surface area contributed by atoms with E-state index in [1.54, 1.807) is 24.3 Å². The van der Waals surface area contributed by atoms with E-state index in [1.807, 2.05) is 30.3 Å². The van der Waals surface area contributed by atoms with E-state index in [4.69, 9.17) is 4.74 Å². The van der Waals surface area contributed by atoms with Gasteiger partial charge >= 0.3 is 0 Å². The largest absolute Gasteiger partial charge is 0.493 e. The molecule has 2 aromatic carbocycles. The summed E-state index contributed by atoms with van der Waals surface area (Å²) < 4.78 is 5.45. The second kappa shape index (κ2) is 7.61. The fourth-order valence-electron chi connectivity index (χ4n) is 2.62. The van der Waals surface area contributed by atoms with E-state index in [9.17, 15) is 14.4 Å². The molecule has 0 unspecified atom stereocenters. The van der Waals surface area contributed by atoms with Gasteiger partial charge in [-0.05, 0) is 24.3 Å². The number of amides is 3. The number of nitrogens with zero attached hydrogens (tertiary/aromatic N) is 1. The number of ether oxygens (including phenoxy) is 1. The highest BCUT2D eigenvalue weighted by Gasteiger charge is 2.34. The summed E-state index contributed by atoms with van der Waals surface area (Å²) in [6.45, 7) is 0.635. The lowest BCUT2D eigenvalue weighted by molar-refractivity contribution is -0.121. The smallest absolute Gasteiger partial charge is 0.261 e. The Bertz CT molecular complexity index is 754. The summed E-state index contributed by atoms with van der Waals surface area (Å²) in [4.78, 5) is 37.3. The minimum atomic E-state index is -0.317. The normalized spacial score (nSPS) is 12.9. The predicted octanol–water partition coefficient (Wildman–Crippen LogP) is 1.87. The van der Waals surface area contributed by atoms with Gasteiger partial charge in [0.1, 0.15) is 5.75 Å². The van der Waals surface area contributed by atoms with Crippen molar-refractivity contribution in [3.63, 3.8) is 0 Å². The molecular weight excluding hydrogens is 320 g/mol. The van der Waals surface area contributed by atoms with Crippen LogP contribution in [-0.4, -0.2) is 42.3 Å². The molecule has 0 aliphatic carbocycles. The summed E-state index contributed by atoms with van der Waals surface area (Å²) in [5.41, 5.74) is 0.824. The van der Waals surface area contributed by atoms with Crippen LogP contribution in [0.5, 0.6) is 5.75 Å². The number of hydrogen-bond acceptors (Lipinski definition) is 4. The molecule has 0 aromatic heterocycles. The number of nitrogens with one attached hydrogen (secondary N) is 1. The highest BCUT2D eigenvalue weighted by molar-refractivity contribution is 6.21. The minimum Gasteiger partial charge on any atom is -0.493 e. The molecule has 25 heavy (non-hydrogen) atoms. The van der Waals surface area contributed by atoms with Crippen molar-refractivity contribution in [1.29, 1.82) is 0 Å². The molecule has 1 aliphatic heterocycles. The van der Waals surface area contributed by atoms with Crippen molar-refractivity contribution in [2.45, 2.75) is 6.42 Å². The Hall–Kier alpha value is -3.15. The van der Waals surface area contributed by atoms with Crippen LogP contribution in [0, 0.1) is 0 Å². The van der Waals surface area contributed by atoms with Crippen molar-refractivity contribution in [2.75, 3.05) is 19.7 Å². The second-order valence-corrected chi connectivity index (χ2v) is 5.57. The van der Waals surface area contributed by atoms with Gasteiger partial charge in [-0.2, -0.15) is 0 Å². The summed E-state index contributed by atoms with van der Waals surface area (Å²) in [6, 6.07) is 16.0. The molecule has 1 N–H and O–H groups in total. The van der Waals surface area contributed by atoms with Crippen molar-refractivity contribution in [1.82, 2.24) is 10.2 Å². The number of hydrogen-bond donors (Lipinski definition) is 1. The van der Waals surface area contributed by atoms with E-state index in [0.29, 0.717) is 16.9 Å². The van der Waals surface area contributed by atoms with Crippen LogP contribution in [0.15, 0.2) is 54.6 Å². The molecule has 0 spiro atoms. The predicted molar refractivity (Wildman–Crippen MR) is 91.4 cm³/mol. The van der Waals surface area contributed by atoms with Crippen LogP contribution in [0.1, 0.15) is 27.1 Å². The number of imide groups is 1. The van der Waals surface area contributed by atoms with Crippen LogP contribution in [0.2, 0.25) is 0 Å². The molecule has 3 rings (SSSR count). The van der Waals surface area contributed by atoms with Crippen molar-refractivity contribution >= 4 is 17.7 Å². The first-order valence-electron chi connectivity index (χ1n) is 8.06. The molecule has 0 atom stereocenters. The monoisotopic (exact) mass is 338 g/mol. The van der Waals surface area contributed by atoms with Crippen LogP contribution in [0.3, 0.4) is 0 Å². The van der Waals surface area contributed by atoms with Crippen molar-refractivity contribution in [3.8, 4) is 5.75 Å². The van der Waals surface area contributed by atoms with E-state index in [1.165, 1.54) is 0 Å². The SMILES string of the molecule is O=C(CCOc1ccccc1)NCCN1C(=O)c2ccccc2C1=O. The maximum absolute atomic E-state index is 12.2. The summed E-state index contributed by atoms with van der Waals surface area (Å²) in [7, 11) is 0. The van der Waals surface area contributed by atoms with Gasteiger partial charge in [-0.25, -0.2) is 0 Å². The Morgan fingerprint density at radius 1 is 0.920 bits per heavy atom.